The Bertz CT molecular complexity index is 497. The van der Waals surface area contributed by atoms with E-state index in [-0.39, 0.29) is 12.4 Å². The molecule has 0 spiro atoms. The highest BCUT2D eigenvalue weighted by atomic mass is 32.2. The average Bonchev–Trinajstić information content (AvgIpc) is 2.25. The van der Waals surface area contributed by atoms with Gasteiger partial charge in [0.1, 0.15) is 12.4 Å². The Kier molecular flexibility index (Phi) is 4.12. The number of nitrogens with one attached hydrogen (secondary N) is 1. The molecule has 1 aromatic rings. The van der Waals surface area contributed by atoms with E-state index in [1.165, 1.54) is 24.3 Å². The molecule has 0 aliphatic rings. The number of nitrogens with zero attached hydrogens (tertiary/aromatic N) is 1. The Hall–Kier alpha value is -2.00. The number of anilines is 1. The third-order valence-electron chi connectivity index (χ3n) is 1.63. The highest BCUT2D eigenvalue weighted by molar-refractivity contribution is 7.90. The van der Waals surface area contributed by atoms with Crippen molar-refractivity contribution in [1.29, 1.82) is 0 Å². The molecule has 0 heterocycles. The Labute approximate surface area is 98.0 Å². The average molecular weight is 260 g/mol. The maximum absolute atomic E-state index is 10.7. The Balaban J connectivity index is 2.62. The molecule has 0 bridgehead atoms. The number of hydrogen-bond donors (Lipinski definition) is 4. The lowest BCUT2D eigenvalue weighted by molar-refractivity contribution is 0.306. The minimum atomic E-state index is -3.78. The van der Waals surface area contributed by atoms with Crippen LogP contribution in [0.15, 0.2) is 29.4 Å². The third-order valence-corrected chi connectivity index (χ3v) is 2.15. The van der Waals surface area contributed by atoms with Crippen molar-refractivity contribution in [1.82, 2.24) is 0 Å². The van der Waals surface area contributed by atoms with Crippen molar-refractivity contribution in [3.05, 3.63) is 24.3 Å². The van der Waals surface area contributed by atoms with Crippen LogP contribution in [0.5, 0.6) is 5.75 Å². The number of amidine groups is 1. The molecule has 0 aliphatic heterocycles. The molecule has 1 rings (SSSR count). The summed E-state index contributed by atoms with van der Waals surface area (Å²) in [4.78, 5) is 0. The van der Waals surface area contributed by atoms with Gasteiger partial charge in [-0.1, -0.05) is 5.16 Å². The molecule has 0 aliphatic carbocycles. The number of oxime groups is 1. The monoisotopic (exact) mass is 260 g/mol. The second-order valence-electron chi connectivity index (χ2n) is 3.05. The van der Waals surface area contributed by atoms with Crippen molar-refractivity contribution >= 4 is 21.7 Å². The maximum Gasteiger partial charge on any atom is 0.296 e. The minimum absolute atomic E-state index is 0.0710. The Morgan fingerprint density at radius 2 is 2.00 bits per heavy atom. The van der Waals surface area contributed by atoms with E-state index >= 15 is 0 Å². The molecule has 0 fully saturated rings. The zero-order valence-corrected chi connectivity index (χ0v) is 9.52. The van der Waals surface area contributed by atoms with Crippen molar-refractivity contribution in [3.8, 4) is 5.75 Å². The number of hydrogen-bond acceptors (Lipinski definition) is 5. The van der Waals surface area contributed by atoms with Crippen LogP contribution in [0.25, 0.3) is 0 Å². The lowest BCUT2D eigenvalue weighted by Crippen LogP contribution is -2.22. The van der Waals surface area contributed by atoms with Crippen molar-refractivity contribution in [2.45, 2.75) is 0 Å². The van der Waals surface area contributed by atoms with Gasteiger partial charge in [-0.05, 0) is 24.3 Å². The second kappa shape index (κ2) is 5.37. The van der Waals surface area contributed by atoms with Crippen LogP contribution in [0.2, 0.25) is 0 Å². The molecule has 8 nitrogen and oxygen atoms in total. The molecule has 0 radical (unpaired) electrons. The van der Waals surface area contributed by atoms with Crippen LogP contribution in [0.1, 0.15) is 0 Å². The van der Waals surface area contributed by atoms with Crippen molar-refractivity contribution in [2.75, 3.05) is 11.3 Å². The summed E-state index contributed by atoms with van der Waals surface area (Å²) >= 11 is 0. The SMILES string of the molecule is N/C(COc1ccc(NS(N)(=O)=O)cc1)=N/O. The molecule has 6 N–H and O–H groups in total. The highest BCUT2D eigenvalue weighted by Gasteiger charge is 2.02. The third kappa shape index (κ3) is 5.04. The van der Waals surface area contributed by atoms with Gasteiger partial charge < -0.3 is 15.7 Å². The summed E-state index contributed by atoms with van der Waals surface area (Å²) in [5.74, 6) is 0.369. The van der Waals surface area contributed by atoms with Gasteiger partial charge in [0.2, 0.25) is 0 Å². The van der Waals surface area contributed by atoms with E-state index in [9.17, 15) is 8.42 Å². The second-order valence-corrected chi connectivity index (χ2v) is 4.35. The van der Waals surface area contributed by atoms with E-state index in [0.29, 0.717) is 11.4 Å². The number of benzene rings is 1. The first-order valence-electron chi connectivity index (χ1n) is 4.40. The summed E-state index contributed by atoms with van der Waals surface area (Å²) in [6.45, 7) is -0.0710. The maximum atomic E-state index is 10.7. The number of ether oxygens (including phenoxy) is 1. The first-order chi connectivity index (χ1) is 7.90. The molecule has 0 saturated heterocycles. The number of nitrogens with two attached hydrogens (primary N) is 2. The van der Waals surface area contributed by atoms with Crippen molar-refractivity contribution in [3.63, 3.8) is 0 Å². The lowest BCUT2D eigenvalue weighted by atomic mass is 10.3. The van der Waals surface area contributed by atoms with Gasteiger partial charge in [0.05, 0.1) is 0 Å². The fraction of sp³-hybridized carbons (Fsp3) is 0.125. The van der Waals surface area contributed by atoms with Gasteiger partial charge in [0.25, 0.3) is 10.2 Å². The van der Waals surface area contributed by atoms with Gasteiger partial charge in [-0.3, -0.25) is 4.72 Å². The van der Waals surface area contributed by atoms with Crippen LogP contribution >= 0.6 is 0 Å². The highest BCUT2D eigenvalue weighted by Crippen LogP contribution is 2.15. The molecule has 0 unspecified atom stereocenters. The summed E-state index contributed by atoms with van der Waals surface area (Å²) in [7, 11) is -3.78. The summed E-state index contributed by atoms with van der Waals surface area (Å²) < 4.78 is 28.6. The van der Waals surface area contributed by atoms with Gasteiger partial charge in [0.15, 0.2) is 5.84 Å². The van der Waals surface area contributed by atoms with Gasteiger partial charge in [0, 0.05) is 5.69 Å². The zero-order valence-electron chi connectivity index (χ0n) is 8.70. The zero-order chi connectivity index (χ0) is 12.9. The fourth-order valence-electron chi connectivity index (χ4n) is 0.970. The largest absolute Gasteiger partial charge is 0.486 e. The van der Waals surface area contributed by atoms with Gasteiger partial charge in [-0.2, -0.15) is 8.42 Å². The molecular formula is C8H12N4O4S. The smallest absolute Gasteiger partial charge is 0.296 e. The molecule has 17 heavy (non-hydrogen) atoms. The van der Waals surface area contributed by atoms with Crippen molar-refractivity contribution in [2.24, 2.45) is 16.0 Å². The summed E-state index contributed by atoms with van der Waals surface area (Å²) in [6, 6.07) is 5.95. The fourth-order valence-corrected chi connectivity index (χ4v) is 1.43. The van der Waals surface area contributed by atoms with E-state index in [1.807, 2.05) is 0 Å². The van der Waals surface area contributed by atoms with Crippen molar-refractivity contribution < 1.29 is 18.4 Å². The molecular weight excluding hydrogens is 248 g/mol. The van der Waals surface area contributed by atoms with E-state index in [2.05, 4.69) is 9.88 Å². The topological polar surface area (TPSA) is 140 Å². The molecule has 94 valence electrons. The quantitative estimate of drug-likeness (QED) is 0.243. The first-order valence-corrected chi connectivity index (χ1v) is 5.95. The first kappa shape index (κ1) is 13.1. The van der Waals surface area contributed by atoms with Gasteiger partial charge in [-0.15, -0.1) is 0 Å². The predicted molar refractivity (Wildman–Crippen MR) is 62.1 cm³/mol. The van der Waals surface area contributed by atoms with Gasteiger partial charge >= 0.3 is 0 Å². The van der Waals surface area contributed by atoms with Crippen LogP contribution in [0.3, 0.4) is 0 Å². The van der Waals surface area contributed by atoms with Crippen LogP contribution in [0.4, 0.5) is 5.69 Å². The van der Waals surface area contributed by atoms with E-state index < -0.39 is 10.2 Å². The minimum Gasteiger partial charge on any atom is -0.486 e. The Morgan fingerprint density at radius 1 is 1.41 bits per heavy atom. The Morgan fingerprint density at radius 3 is 2.47 bits per heavy atom. The summed E-state index contributed by atoms with van der Waals surface area (Å²) in [5.41, 5.74) is 5.51. The van der Waals surface area contributed by atoms with Crippen LogP contribution in [-0.4, -0.2) is 26.1 Å². The van der Waals surface area contributed by atoms with E-state index in [4.69, 9.17) is 20.8 Å². The molecule has 0 atom stereocenters. The molecule has 1 aromatic carbocycles. The standard InChI is InChI=1S/C8H12N4O4S/c9-8(11-13)5-16-7-3-1-6(2-4-7)12-17(10,14)15/h1-4,12-13H,5H2,(H2,9,11)(H2,10,14,15). The van der Waals surface area contributed by atoms with Gasteiger partial charge in [-0.25, -0.2) is 5.14 Å². The van der Waals surface area contributed by atoms with E-state index in [1.54, 1.807) is 0 Å². The van der Waals surface area contributed by atoms with Crippen LogP contribution < -0.4 is 20.3 Å². The summed E-state index contributed by atoms with van der Waals surface area (Å²) in [5, 5.41) is 15.8. The lowest BCUT2D eigenvalue weighted by Gasteiger charge is -2.06. The molecule has 0 amide bonds. The summed E-state index contributed by atoms with van der Waals surface area (Å²) in [6.07, 6.45) is 0. The predicted octanol–water partition coefficient (Wildman–Crippen LogP) is -0.573. The van der Waals surface area contributed by atoms with E-state index in [0.717, 1.165) is 0 Å². The number of rotatable bonds is 5. The normalized spacial score (nSPS) is 12.2. The molecule has 9 heteroatoms. The van der Waals surface area contributed by atoms with Crippen LogP contribution in [0, 0.1) is 0 Å². The molecule has 0 aromatic heterocycles. The molecule has 0 saturated carbocycles. The van der Waals surface area contributed by atoms with Crippen LogP contribution in [-0.2, 0) is 10.2 Å².